The molecule has 2 saturated heterocycles. The Morgan fingerprint density at radius 1 is 1.38 bits per heavy atom. The molecule has 2 aliphatic heterocycles. The first-order valence-corrected chi connectivity index (χ1v) is 5.03. The van der Waals surface area contributed by atoms with Crippen LogP contribution in [0.5, 0.6) is 0 Å². The Morgan fingerprint density at radius 2 is 2.23 bits per heavy atom. The highest BCUT2D eigenvalue weighted by molar-refractivity contribution is 5.78. The number of fused-ring (bicyclic) bond motifs is 1. The van der Waals surface area contributed by atoms with Crippen molar-refractivity contribution in [2.45, 2.75) is 18.9 Å². The molecule has 0 spiro atoms. The van der Waals surface area contributed by atoms with Crippen LogP contribution in [0.15, 0.2) is 0 Å². The van der Waals surface area contributed by atoms with Crippen molar-refractivity contribution in [2.24, 2.45) is 5.73 Å². The average molecular weight is 183 g/mol. The number of amides is 1. The quantitative estimate of drug-likeness (QED) is 0.582. The summed E-state index contributed by atoms with van der Waals surface area (Å²) in [5.41, 5.74) is 5.34. The summed E-state index contributed by atoms with van der Waals surface area (Å²) in [4.78, 5) is 15.7. The first-order chi connectivity index (χ1) is 6.31. The van der Waals surface area contributed by atoms with Crippen LogP contribution in [0, 0.1) is 0 Å². The largest absolute Gasteiger partial charge is 0.339 e. The minimum Gasteiger partial charge on any atom is -0.339 e. The molecule has 13 heavy (non-hydrogen) atoms. The maximum atomic E-state index is 11.3. The van der Waals surface area contributed by atoms with Crippen molar-refractivity contribution in [1.29, 1.82) is 0 Å². The van der Waals surface area contributed by atoms with Gasteiger partial charge in [-0.15, -0.1) is 0 Å². The lowest BCUT2D eigenvalue weighted by Crippen LogP contribution is -2.53. The van der Waals surface area contributed by atoms with Crippen LogP contribution in [0.25, 0.3) is 0 Å². The van der Waals surface area contributed by atoms with Crippen LogP contribution < -0.4 is 5.73 Å². The molecule has 0 bridgehead atoms. The van der Waals surface area contributed by atoms with Crippen LogP contribution in [0.2, 0.25) is 0 Å². The normalized spacial score (nSPS) is 29.0. The summed E-state index contributed by atoms with van der Waals surface area (Å²) in [6, 6.07) is 0.615. The van der Waals surface area contributed by atoms with Crippen molar-refractivity contribution in [3.05, 3.63) is 0 Å². The van der Waals surface area contributed by atoms with Crippen molar-refractivity contribution in [1.82, 2.24) is 9.80 Å². The van der Waals surface area contributed by atoms with Gasteiger partial charge in [0.15, 0.2) is 0 Å². The van der Waals surface area contributed by atoms with E-state index in [4.69, 9.17) is 5.73 Å². The molecule has 0 saturated carbocycles. The lowest BCUT2D eigenvalue weighted by atomic mass is 10.1. The molecule has 74 valence electrons. The van der Waals surface area contributed by atoms with Gasteiger partial charge < -0.3 is 10.6 Å². The van der Waals surface area contributed by atoms with Crippen LogP contribution in [-0.2, 0) is 4.79 Å². The average Bonchev–Trinajstić information content (AvgIpc) is 2.63. The van der Waals surface area contributed by atoms with Gasteiger partial charge >= 0.3 is 0 Å². The van der Waals surface area contributed by atoms with Gasteiger partial charge in [-0.2, -0.15) is 0 Å². The molecule has 0 unspecified atom stereocenters. The summed E-state index contributed by atoms with van der Waals surface area (Å²) >= 11 is 0. The van der Waals surface area contributed by atoms with Gasteiger partial charge in [-0.3, -0.25) is 9.69 Å². The van der Waals surface area contributed by atoms with Crippen LogP contribution in [0.3, 0.4) is 0 Å². The molecule has 2 N–H and O–H groups in total. The topological polar surface area (TPSA) is 49.6 Å². The smallest absolute Gasteiger partial charge is 0.236 e. The first kappa shape index (κ1) is 8.97. The maximum absolute atomic E-state index is 11.3. The van der Waals surface area contributed by atoms with Gasteiger partial charge in [0.1, 0.15) is 0 Å². The van der Waals surface area contributed by atoms with Crippen molar-refractivity contribution in [3.63, 3.8) is 0 Å². The van der Waals surface area contributed by atoms with Crippen LogP contribution in [0.4, 0.5) is 0 Å². The predicted molar refractivity (Wildman–Crippen MR) is 50.2 cm³/mol. The maximum Gasteiger partial charge on any atom is 0.236 e. The van der Waals surface area contributed by atoms with E-state index in [-0.39, 0.29) is 12.5 Å². The Bertz CT molecular complexity index is 207. The Balaban J connectivity index is 1.93. The van der Waals surface area contributed by atoms with E-state index in [1.807, 2.05) is 4.90 Å². The summed E-state index contributed by atoms with van der Waals surface area (Å²) in [7, 11) is 0. The van der Waals surface area contributed by atoms with E-state index >= 15 is 0 Å². The molecular weight excluding hydrogens is 166 g/mol. The fourth-order valence-corrected chi connectivity index (χ4v) is 2.35. The summed E-state index contributed by atoms with van der Waals surface area (Å²) in [6.45, 7) is 4.18. The lowest BCUT2D eigenvalue weighted by Gasteiger charge is -2.37. The van der Waals surface area contributed by atoms with E-state index < -0.39 is 0 Å². The van der Waals surface area contributed by atoms with Crippen LogP contribution in [-0.4, -0.2) is 54.5 Å². The van der Waals surface area contributed by atoms with E-state index in [0.29, 0.717) is 6.04 Å². The third kappa shape index (κ3) is 1.69. The van der Waals surface area contributed by atoms with Gasteiger partial charge in [0.05, 0.1) is 6.54 Å². The van der Waals surface area contributed by atoms with Gasteiger partial charge in [0.2, 0.25) is 5.91 Å². The molecule has 0 aliphatic carbocycles. The minimum atomic E-state index is 0.103. The van der Waals surface area contributed by atoms with E-state index in [1.165, 1.54) is 19.4 Å². The first-order valence-electron chi connectivity index (χ1n) is 5.03. The second-order valence-electron chi connectivity index (χ2n) is 3.88. The van der Waals surface area contributed by atoms with Crippen molar-refractivity contribution in [2.75, 3.05) is 32.7 Å². The standard InChI is InChI=1S/C9H17N3O/c10-6-9(13)12-5-4-11-3-1-2-8(11)7-12/h8H,1-7,10H2/t8-/m1/s1. The molecule has 4 heteroatoms. The van der Waals surface area contributed by atoms with Gasteiger partial charge in [-0.25, -0.2) is 0 Å². The zero-order valence-corrected chi connectivity index (χ0v) is 7.91. The number of carbonyl (C=O) groups excluding carboxylic acids is 1. The highest BCUT2D eigenvalue weighted by atomic mass is 16.2. The zero-order chi connectivity index (χ0) is 9.26. The second kappa shape index (κ2) is 3.64. The van der Waals surface area contributed by atoms with Gasteiger partial charge in [-0.1, -0.05) is 0 Å². The van der Waals surface area contributed by atoms with Crippen LogP contribution in [0.1, 0.15) is 12.8 Å². The molecule has 2 rings (SSSR count). The highest BCUT2D eigenvalue weighted by Crippen LogP contribution is 2.21. The summed E-state index contributed by atoms with van der Waals surface area (Å²) < 4.78 is 0. The fourth-order valence-electron chi connectivity index (χ4n) is 2.35. The molecule has 0 aromatic rings. The third-order valence-corrected chi connectivity index (χ3v) is 3.11. The molecule has 0 radical (unpaired) electrons. The van der Waals surface area contributed by atoms with E-state index in [0.717, 1.165) is 19.6 Å². The number of piperazine rings is 1. The van der Waals surface area contributed by atoms with E-state index in [1.54, 1.807) is 0 Å². The number of hydrogen-bond acceptors (Lipinski definition) is 3. The SMILES string of the molecule is NCC(=O)N1CCN2CCC[C@@H]2C1. The number of nitrogens with two attached hydrogens (primary N) is 1. The molecule has 4 nitrogen and oxygen atoms in total. The Kier molecular flexibility index (Phi) is 2.51. The fraction of sp³-hybridized carbons (Fsp3) is 0.889. The Labute approximate surface area is 78.7 Å². The van der Waals surface area contributed by atoms with Gasteiger partial charge in [0.25, 0.3) is 0 Å². The van der Waals surface area contributed by atoms with E-state index in [2.05, 4.69) is 4.90 Å². The van der Waals surface area contributed by atoms with Crippen LogP contribution >= 0.6 is 0 Å². The minimum absolute atomic E-state index is 0.103. The molecule has 1 amide bonds. The molecular formula is C9H17N3O. The number of hydrogen-bond donors (Lipinski definition) is 1. The number of rotatable bonds is 1. The Morgan fingerprint density at radius 3 is 3.00 bits per heavy atom. The van der Waals surface area contributed by atoms with Crippen molar-refractivity contribution >= 4 is 5.91 Å². The molecule has 2 fully saturated rings. The third-order valence-electron chi connectivity index (χ3n) is 3.11. The van der Waals surface area contributed by atoms with E-state index in [9.17, 15) is 4.79 Å². The monoisotopic (exact) mass is 183 g/mol. The molecule has 0 aromatic carbocycles. The Hall–Kier alpha value is -0.610. The van der Waals surface area contributed by atoms with Crippen molar-refractivity contribution in [3.8, 4) is 0 Å². The summed E-state index contributed by atoms with van der Waals surface area (Å²) in [5.74, 6) is 0.103. The summed E-state index contributed by atoms with van der Waals surface area (Å²) in [5, 5.41) is 0. The lowest BCUT2D eigenvalue weighted by molar-refractivity contribution is -0.132. The molecule has 0 aromatic heterocycles. The predicted octanol–water partition coefficient (Wildman–Crippen LogP) is -0.748. The summed E-state index contributed by atoms with van der Waals surface area (Å²) in [6.07, 6.45) is 2.53. The zero-order valence-electron chi connectivity index (χ0n) is 7.91. The highest BCUT2D eigenvalue weighted by Gasteiger charge is 2.31. The van der Waals surface area contributed by atoms with Gasteiger partial charge in [0, 0.05) is 25.7 Å². The van der Waals surface area contributed by atoms with Gasteiger partial charge in [-0.05, 0) is 19.4 Å². The number of carbonyl (C=O) groups is 1. The molecule has 1 atom stereocenters. The molecule has 2 aliphatic rings. The number of nitrogens with zero attached hydrogens (tertiary/aromatic N) is 2. The second-order valence-corrected chi connectivity index (χ2v) is 3.88. The van der Waals surface area contributed by atoms with Crippen molar-refractivity contribution < 1.29 is 4.79 Å². The molecule has 2 heterocycles.